The van der Waals surface area contributed by atoms with Gasteiger partial charge in [-0.1, -0.05) is 54.6 Å². The highest BCUT2D eigenvalue weighted by molar-refractivity contribution is 8.01. The van der Waals surface area contributed by atoms with Gasteiger partial charge >= 0.3 is 0 Å². The van der Waals surface area contributed by atoms with Crippen molar-refractivity contribution in [3.8, 4) is 6.07 Å². The molecule has 0 saturated heterocycles. The maximum Gasteiger partial charge on any atom is 0.231 e. The number of rotatable bonds is 7. The van der Waals surface area contributed by atoms with Gasteiger partial charge in [0.2, 0.25) is 11.0 Å². The molecule has 0 bridgehead atoms. The Hall–Kier alpha value is -1.82. The number of nitriles is 1. The van der Waals surface area contributed by atoms with Gasteiger partial charge in [-0.25, -0.2) is 0 Å². The predicted octanol–water partition coefficient (Wildman–Crippen LogP) is 4.70. The molecule has 0 fully saturated rings. The molecule has 0 unspecified atom stereocenters. The van der Waals surface area contributed by atoms with E-state index in [-0.39, 0.29) is 17.6 Å². The largest absolute Gasteiger partial charge is 0.337 e. The van der Waals surface area contributed by atoms with E-state index in [1.807, 2.05) is 39.8 Å². The number of hydrogen-bond acceptors (Lipinski definition) is 7. The van der Waals surface area contributed by atoms with Crippen LogP contribution in [0.25, 0.3) is 0 Å². The van der Waals surface area contributed by atoms with Crippen LogP contribution in [0.4, 0.5) is 10.8 Å². The predicted molar refractivity (Wildman–Crippen MR) is 112 cm³/mol. The Bertz CT molecular complexity index is 854. The van der Waals surface area contributed by atoms with Crippen LogP contribution in [-0.4, -0.2) is 27.4 Å². The van der Waals surface area contributed by atoms with Crippen molar-refractivity contribution >= 4 is 51.4 Å². The first-order valence-electron chi connectivity index (χ1n) is 8.37. The second-order valence-electron chi connectivity index (χ2n) is 6.74. The van der Waals surface area contributed by atoms with Gasteiger partial charge < -0.3 is 10.6 Å². The molecule has 9 heteroatoms. The van der Waals surface area contributed by atoms with Crippen molar-refractivity contribution in [3.05, 3.63) is 28.3 Å². The molecule has 1 atom stereocenters. The van der Waals surface area contributed by atoms with Crippen LogP contribution in [0.1, 0.15) is 31.9 Å². The van der Waals surface area contributed by atoms with E-state index in [1.54, 1.807) is 6.92 Å². The van der Waals surface area contributed by atoms with Gasteiger partial charge in [0.05, 0.1) is 22.5 Å². The molecule has 0 radical (unpaired) electrons. The van der Waals surface area contributed by atoms with Gasteiger partial charge in [-0.15, -0.1) is 10.2 Å². The minimum absolute atomic E-state index is 0.0104. The Morgan fingerprint density at radius 1 is 1.41 bits per heavy atom. The van der Waals surface area contributed by atoms with Gasteiger partial charge in [-0.05, 0) is 43.9 Å². The maximum atomic E-state index is 12.2. The fraction of sp³-hybridized carbons (Fsp3) is 0.444. The molecule has 6 nitrogen and oxygen atoms in total. The summed E-state index contributed by atoms with van der Waals surface area (Å²) in [5, 5.41) is 24.7. The first kappa shape index (κ1) is 21.5. The quantitative estimate of drug-likeness (QED) is 0.627. The summed E-state index contributed by atoms with van der Waals surface area (Å²) in [6.07, 6.45) is 0. The Morgan fingerprint density at radius 2 is 2.11 bits per heavy atom. The van der Waals surface area contributed by atoms with Crippen LogP contribution in [0.3, 0.4) is 0 Å². The molecule has 0 aliphatic rings. The fourth-order valence-electron chi connectivity index (χ4n) is 2.25. The SMILES string of the molecule is Cc1cc(C)c(Nc2nnc(SCC(=O)N[C@@](C)(C#N)C(C)C)s2)c(Cl)c1. The molecule has 27 heavy (non-hydrogen) atoms. The number of aromatic nitrogens is 2. The van der Waals surface area contributed by atoms with Crippen molar-refractivity contribution in [2.75, 3.05) is 11.1 Å². The van der Waals surface area contributed by atoms with E-state index in [0.717, 1.165) is 16.8 Å². The van der Waals surface area contributed by atoms with Crippen molar-refractivity contribution in [1.82, 2.24) is 15.5 Å². The van der Waals surface area contributed by atoms with Crippen molar-refractivity contribution in [3.63, 3.8) is 0 Å². The van der Waals surface area contributed by atoms with Crippen LogP contribution in [0.15, 0.2) is 16.5 Å². The molecule has 0 spiro atoms. The van der Waals surface area contributed by atoms with Gasteiger partial charge in [-0.3, -0.25) is 4.79 Å². The monoisotopic (exact) mass is 423 g/mol. The summed E-state index contributed by atoms with van der Waals surface area (Å²) in [7, 11) is 0. The summed E-state index contributed by atoms with van der Waals surface area (Å²) in [5.41, 5.74) is 2.03. The first-order valence-corrected chi connectivity index (χ1v) is 10.5. The van der Waals surface area contributed by atoms with Gasteiger partial charge in [0.25, 0.3) is 0 Å². The lowest BCUT2D eigenvalue weighted by Crippen LogP contribution is -2.49. The fourth-order valence-corrected chi connectivity index (χ4v) is 4.18. The van der Waals surface area contributed by atoms with Crippen molar-refractivity contribution in [1.29, 1.82) is 5.26 Å². The third-order valence-corrected chi connectivity index (χ3v) is 6.45. The molecule has 1 heterocycles. The zero-order valence-electron chi connectivity index (χ0n) is 15.9. The topological polar surface area (TPSA) is 90.7 Å². The number of carbonyl (C=O) groups is 1. The number of thioether (sulfide) groups is 1. The summed E-state index contributed by atoms with van der Waals surface area (Å²) >= 11 is 8.94. The molecule has 0 saturated carbocycles. The highest BCUT2D eigenvalue weighted by Crippen LogP contribution is 2.33. The van der Waals surface area contributed by atoms with Crippen LogP contribution in [0.5, 0.6) is 0 Å². The number of carbonyl (C=O) groups excluding carboxylic acids is 1. The van der Waals surface area contributed by atoms with Gasteiger partial charge in [0, 0.05) is 0 Å². The smallest absolute Gasteiger partial charge is 0.231 e. The molecule has 1 aromatic heterocycles. The van der Waals surface area contributed by atoms with Crippen molar-refractivity contribution < 1.29 is 4.79 Å². The zero-order valence-corrected chi connectivity index (χ0v) is 18.3. The molecule has 0 aliphatic heterocycles. The summed E-state index contributed by atoms with van der Waals surface area (Å²) in [4.78, 5) is 12.2. The number of amides is 1. The Morgan fingerprint density at radius 3 is 2.70 bits per heavy atom. The summed E-state index contributed by atoms with van der Waals surface area (Å²) in [6, 6.07) is 6.09. The molecule has 144 valence electrons. The number of aryl methyl sites for hydroxylation is 2. The molecular formula is C18H22ClN5OS2. The maximum absolute atomic E-state index is 12.2. The highest BCUT2D eigenvalue weighted by Gasteiger charge is 2.29. The van der Waals surface area contributed by atoms with Gasteiger partial charge in [-0.2, -0.15) is 5.26 Å². The van der Waals surface area contributed by atoms with Crippen LogP contribution < -0.4 is 10.6 Å². The minimum atomic E-state index is -0.884. The zero-order chi connectivity index (χ0) is 20.2. The normalized spacial score (nSPS) is 13.1. The number of hydrogen-bond donors (Lipinski definition) is 2. The van der Waals surface area contributed by atoms with Gasteiger partial charge in [0.15, 0.2) is 4.34 Å². The van der Waals surface area contributed by atoms with E-state index < -0.39 is 5.54 Å². The lowest BCUT2D eigenvalue weighted by Gasteiger charge is -2.27. The van der Waals surface area contributed by atoms with E-state index in [0.29, 0.717) is 14.5 Å². The Kier molecular flexibility index (Phi) is 7.09. The van der Waals surface area contributed by atoms with E-state index >= 15 is 0 Å². The van der Waals surface area contributed by atoms with E-state index in [1.165, 1.54) is 23.1 Å². The third-order valence-electron chi connectivity index (χ3n) is 4.18. The minimum Gasteiger partial charge on any atom is -0.337 e. The molecule has 2 aromatic rings. The Labute approximate surface area is 172 Å². The summed E-state index contributed by atoms with van der Waals surface area (Å²) < 4.78 is 0.664. The summed E-state index contributed by atoms with van der Waals surface area (Å²) in [5.74, 6) is -0.0284. The Balaban J connectivity index is 1.97. The second-order valence-corrected chi connectivity index (χ2v) is 9.35. The summed E-state index contributed by atoms with van der Waals surface area (Å²) in [6.45, 7) is 9.49. The second kappa shape index (κ2) is 8.91. The number of benzene rings is 1. The highest BCUT2D eigenvalue weighted by atomic mass is 35.5. The molecule has 1 aromatic carbocycles. The first-order chi connectivity index (χ1) is 12.6. The standard InChI is InChI=1S/C18H22ClN5OS2/c1-10(2)18(5,9-20)22-14(25)8-26-17-24-23-16(27-17)21-15-12(4)6-11(3)7-13(15)19/h6-7,10H,8H2,1-5H3,(H,21,23)(H,22,25)/t18-/m0/s1. The molecule has 1 amide bonds. The third kappa shape index (κ3) is 5.58. The van der Waals surface area contributed by atoms with E-state index in [9.17, 15) is 10.1 Å². The van der Waals surface area contributed by atoms with Crippen LogP contribution in [0, 0.1) is 31.1 Å². The molecule has 0 aliphatic carbocycles. The molecule has 2 rings (SSSR count). The number of nitrogens with one attached hydrogen (secondary N) is 2. The molecule has 2 N–H and O–H groups in total. The average Bonchev–Trinajstić information content (AvgIpc) is 3.03. The van der Waals surface area contributed by atoms with Crippen LogP contribution >= 0.6 is 34.7 Å². The van der Waals surface area contributed by atoms with Crippen LogP contribution in [0.2, 0.25) is 5.02 Å². The van der Waals surface area contributed by atoms with Crippen molar-refractivity contribution in [2.24, 2.45) is 5.92 Å². The number of nitrogens with zero attached hydrogens (tertiary/aromatic N) is 3. The average molecular weight is 424 g/mol. The van der Waals surface area contributed by atoms with E-state index in [4.69, 9.17) is 11.6 Å². The van der Waals surface area contributed by atoms with Crippen LogP contribution in [-0.2, 0) is 4.79 Å². The molecular weight excluding hydrogens is 402 g/mol. The number of anilines is 2. The lowest BCUT2D eigenvalue weighted by atomic mass is 9.90. The van der Waals surface area contributed by atoms with Gasteiger partial charge in [0.1, 0.15) is 5.54 Å². The number of halogens is 1. The van der Waals surface area contributed by atoms with Crippen molar-refractivity contribution in [2.45, 2.75) is 44.5 Å². The lowest BCUT2D eigenvalue weighted by molar-refractivity contribution is -0.120. The van der Waals surface area contributed by atoms with E-state index in [2.05, 4.69) is 26.9 Å².